The number of nitrogens with zero attached hydrogens (tertiary/aromatic N) is 1. The van der Waals surface area contributed by atoms with Crippen LogP contribution in [0.2, 0.25) is 0 Å². The van der Waals surface area contributed by atoms with Crippen molar-refractivity contribution in [1.82, 2.24) is 10.2 Å². The lowest BCUT2D eigenvalue weighted by molar-refractivity contribution is 0.0223. The zero-order valence-electron chi connectivity index (χ0n) is 12.1. The minimum absolute atomic E-state index is 0.0979. The highest BCUT2D eigenvalue weighted by Crippen LogP contribution is 2.20. The summed E-state index contributed by atoms with van der Waals surface area (Å²) < 4.78 is 5.37. The minimum atomic E-state index is -0.753. The molecule has 0 spiro atoms. The summed E-state index contributed by atoms with van der Waals surface area (Å²) in [6.45, 7) is 6.95. The van der Waals surface area contributed by atoms with Crippen molar-refractivity contribution < 1.29 is 19.7 Å². The second-order valence-electron chi connectivity index (χ2n) is 5.96. The molecular weight excluding hydrogens is 248 g/mol. The maximum atomic E-state index is 12.0. The number of likely N-dealkylation sites (tertiary alicyclic amines) is 1. The molecule has 3 N–H and O–H groups in total. The van der Waals surface area contributed by atoms with Crippen LogP contribution in [0.25, 0.3) is 0 Å². The highest BCUT2D eigenvalue weighted by molar-refractivity contribution is 5.69. The molecule has 2 unspecified atom stereocenters. The standard InChI is InChI=1S/C13H26N2O4/c1-13(2,3)19-12(18)15-6-4-5-10(15)7-14-8-11(17)9-16/h10-11,14,16-17H,4-9H2,1-3H3. The van der Waals surface area contributed by atoms with E-state index >= 15 is 0 Å². The van der Waals surface area contributed by atoms with Gasteiger partial charge in [0, 0.05) is 25.7 Å². The number of aliphatic hydroxyl groups is 2. The molecule has 0 aliphatic carbocycles. The number of amides is 1. The van der Waals surface area contributed by atoms with Crippen molar-refractivity contribution in [3.63, 3.8) is 0 Å². The Morgan fingerprint density at radius 3 is 2.79 bits per heavy atom. The number of nitrogens with one attached hydrogen (secondary N) is 1. The van der Waals surface area contributed by atoms with Gasteiger partial charge in [0.2, 0.25) is 0 Å². The van der Waals surface area contributed by atoms with E-state index in [9.17, 15) is 9.90 Å². The quantitative estimate of drug-likeness (QED) is 0.673. The highest BCUT2D eigenvalue weighted by atomic mass is 16.6. The first-order valence-corrected chi connectivity index (χ1v) is 6.82. The van der Waals surface area contributed by atoms with Crippen LogP contribution in [0.4, 0.5) is 4.79 Å². The number of carbonyl (C=O) groups excluding carboxylic acids is 1. The number of aliphatic hydroxyl groups excluding tert-OH is 2. The van der Waals surface area contributed by atoms with E-state index < -0.39 is 11.7 Å². The normalized spacial score (nSPS) is 21.5. The average molecular weight is 274 g/mol. The third-order valence-corrected chi connectivity index (χ3v) is 2.98. The average Bonchev–Trinajstić information content (AvgIpc) is 2.75. The Hall–Kier alpha value is -0.850. The van der Waals surface area contributed by atoms with Crippen molar-refractivity contribution in [3.05, 3.63) is 0 Å². The van der Waals surface area contributed by atoms with Gasteiger partial charge in [0.15, 0.2) is 0 Å². The number of hydrogen-bond donors (Lipinski definition) is 3. The predicted molar refractivity (Wildman–Crippen MR) is 71.9 cm³/mol. The molecule has 6 nitrogen and oxygen atoms in total. The maximum absolute atomic E-state index is 12.0. The van der Waals surface area contributed by atoms with E-state index in [1.165, 1.54) is 0 Å². The second-order valence-corrected chi connectivity index (χ2v) is 5.96. The molecular formula is C13H26N2O4. The van der Waals surface area contributed by atoms with Crippen LogP contribution in [0, 0.1) is 0 Å². The fraction of sp³-hybridized carbons (Fsp3) is 0.923. The molecule has 0 aromatic heterocycles. The second kappa shape index (κ2) is 7.07. The van der Waals surface area contributed by atoms with Gasteiger partial charge in [0.05, 0.1) is 12.7 Å². The van der Waals surface area contributed by atoms with Crippen LogP contribution in [-0.2, 0) is 4.74 Å². The van der Waals surface area contributed by atoms with E-state index in [0.29, 0.717) is 19.6 Å². The first-order chi connectivity index (χ1) is 8.83. The van der Waals surface area contributed by atoms with E-state index in [1.807, 2.05) is 20.8 Å². The van der Waals surface area contributed by atoms with Gasteiger partial charge in [-0.2, -0.15) is 0 Å². The van der Waals surface area contributed by atoms with Gasteiger partial charge in [-0.15, -0.1) is 0 Å². The van der Waals surface area contributed by atoms with E-state index in [0.717, 1.165) is 12.8 Å². The van der Waals surface area contributed by atoms with Gasteiger partial charge in [-0.3, -0.25) is 0 Å². The summed E-state index contributed by atoms with van der Waals surface area (Å²) in [5, 5.41) is 21.0. The van der Waals surface area contributed by atoms with Gasteiger partial charge in [0.25, 0.3) is 0 Å². The molecule has 0 radical (unpaired) electrons. The Balaban J connectivity index is 2.39. The summed E-state index contributed by atoms with van der Waals surface area (Å²) >= 11 is 0. The minimum Gasteiger partial charge on any atom is -0.444 e. The molecule has 6 heteroatoms. The lowest BCUT2D eigenvalue weighted by Crippen LogP contribution is -2.45. The van der Waals surface area contributed by atoms with E-state index in [1.54, 1.807) is 4.90 Å². The van der Waals surface area contributed by atoms with Crippen LogP contribution in [0.5, 0.6) is 0 Å². The zero-order valence-corrected chi connectivity index (χ0v) is 12.1. The largest absolute Gasteiger partial charge is 0.444 e. The maximum Gasteiger partial charge on any atom is 0.410 e. The van der Waals surface area contributed by atoms with Crippen molar-refractivity contribution in [2.45, 2.75) is 51.4 Å². The lowest BCUT2D eigenvalue weighted by atomic mass is 10.2. The number of ether oxygens (including phenoxy) is 1. The molecule has 1 aliphatic rings. The topological polar surface area (TPSA) is 82.0 Å². The summed E-state index contributed by atoms with van der Waals surface area (Å²) in [6.07, 6.45) is 0.867. The van der Waals surface area contributed by atoms with Crippen LogP contribution >= 0.6 is 0 Å². The van der Waals surface area contributed by atoms with Crippen LogP contribution < -0.4 is 5.32 Å². The Labute approximate surface area is 114 Å². The molecule has 0 bridgehead atoms. The third-order valence-electron chi connectivity index (χ3n) is 2.98. The number of carbonyl (C=O) groups is 1. The van der Waals surface area contributed by atoms with Crippen LogP contribution in [0.1, 0.15) is 33.6 Å². The molecule has 19 heavy (non-hydrogen) atoms. The summed E-state index contributed by atoms with van der Waals surface area (Å²) in [5.41, 5.74) is -0.481. The van der Waals surface area contributed by atoms with Gasteiger partial charge in [-0.25, -0.2) is 4.79 Å². The lowest BCUT2D eigenvalue weighted by Gasteiger charge is -2.29. The Bertz CT molecular complexity index is 291. The zero-order chi connectivity index (χ0) is 14.5. The molecule has 0 aromatic carbocycles. The molecule has 0 aromatic rings. The fourth-order valence-electron chi connectivity index (χ4n) is 2.09. The molecule has 1 fully saturated rings. The van der Waals surface area contributed by atoms with Gasteiger partial charge in [-0.05, 0) is 33.6 Å². The van der Waals surface area contributed by atoms with E-state index in [2.05, 4.69) is 5.32 Å². The van der Waals surface area contributed by atoms with Crippen LogP contribution in [-0.4, -0.2) is 65.2 Å². The molecule has 1 amide bonds. The van der Waals surface area contributed by atoms with Crippen LogP contribution in [0.15, 0.2) is 0 Å². The van der Waals surface area contributed by atoms with Gasteiger partial charge < -0.3 is 25.2 Å². The first-order valence-electron chi connectivity index (χ1n) is 6.82. The van der Waals surface area contributed by atoms with Crippen molar-refractivity contribution in [2.75, 3.05) is 26.2 Å². The van der Waals surface area contributed by atoms with Crippen molar-refractivity contribution in [2.24, 2.45) is 0 Å². The molecule has 112 valence electrons. The van der Waals surface area contributed by atoms with Crippen molar-refractivity contribution in [1.29, 1.82) is 0 Å². The Kier molecular flexibility index (Phi) is 6.03. The monoisotopic (exact) mass is 274 g/mol. The summed E-state index contributed by atoms with van der Waals surface area (Å²) in [5.74, 6) is 0. The van der Waals surface area contributed by atoms with E-state index in [4.69, 9.17) is 9.84 Å². The Morgan fingerprint density at radius 2 is 2.21 bits per heavy atom. The smallest absolute Gasteiger partial charge is 0.410 e. The predicted octanol–water partition coefficient (Wildman–Crippen LogP) is 0.329. The number of rotatable bonds is 5. The number of hydrogen-bond acceptors (Lipinski definition) is 5. The van der Waals surface area contributed by atoms with Crippen LogP contribution in [0.3, 0.4) is 0 Å². The molecule has 1 rings (SSSR count). The summed E-state index contributed by atoms with van der Waals surface area (Å²) in [6, 6.07) is 0.0979. The van der Waals surface area contributed by atoms with Crippen molar-refractivity contribution in [3.8, 4) is 0 Å². The van der Waals surface area contributed by atoms with Gasteiger partial charge in [0.1, 0.15) is 5.60 Å². The molecule has 1 aliphatic heterocycles. The highest BCUT2D eigenvalue weighted by Gasteiger charge is 2.31. The fourth-order valence-corrected chi connectivity index (χ4v) is 2.09. The first kappa shape index (κ1) is 16.2. The van der Waals surface area contributed by atoms with Gasteiger partial charge >= 0.3 is 6.09 Å². The third kappa shape index (κ3) is 5.76. The SMILES string of the molecule is CC(C)(C)OC(=O)N1CCCC1CNCC(O)CO. The molecule has 2 atom stereocenters. The van der Waals surface area contributed by atoms with Gasteiger partial charge in [-0.1, -0.05) is 0 Å². The Morgan fingerprint density at radius 1 is 1.53 bits per heavy atom. The molecule has 1 saturated heterocycles. The molecule has 1 heterocycles. The molecule has 0 saturated carbocycles. The van der Waals surface area contributed by atoms with E-state index in [-0.39, 0.29) is 18.7 Å². The summed E-state index contributed by atoms with van der Waals surface area (Å²) in [4.78, 5) is 13.8. The summed E-state index contributed by atoms with van der Waals surface area (Å²) in [7, 11) is 0. The van der Waals surface area contributed by atoms with Crippen molar-refractivity contribution >= 4 is 6.09 Å².